The molecule has 0 fully saturated rings. The Kier molecular flexibility index (Phi) is 3.16. The number of para-hydroxylation sites is 3. The van der Waals surface area contributed by atoms with Crippen LogP contribution in [0, 0.1) is 0 Å². The number of rotatable bonds is 3. The smallest absolute Gasteiger partial charge is 0.143 e. The molecule has 20 heavy (non-hydrogen) atoms. The van der Waals surface area contributed by atoms with Crippen molar-refractivity contribution in [2.75, 3.05) is 7.11 Å². The number of nitrogens with zero attached hydrogens (tertiary/aromatic N) is 2. The zero-order chi connectivity index (χ0) is 14.1. The minimum Gasteiger partial charge on any atom is -0.496 e. The molecule has 0 spiro atoms. The molecule has 0 radical (unpaired) electrons. The van der Waals surface area contributed by atoms with Crippen LogP contribution in [0.1, 0.15) is 17.5 Å². The monoisotopic (exact) mass is 268 g/mol. The molecule has 2 aromatic carbocycles. The van der Waals surface area contributed by atoms with Crippen LogP contribution >= 0.6 is 0 Å². The standard InChI is InChI=1S/C16H16N2O2/c1-18-13-9-5-4-8-12(13)17-16(18)15(19)11-7-3-6-10-14(11)20-2/h3-10,15,19H,1-2H3/t15-/m0/s1. The van der Waals surface area contributed by atoms with E-state index >= 15 is 0 Å². The molecule has 0 unspecified atom stereocenters. The van der Waals surface area contributed by atoms with Crippen molar-refractivity contribution >= 4 is 11.0 Å². The van der Waals surface area contributed by atoms with E-state index in [0.717, 1.165) is 11.0 Å². The van der Waals surface area contributed by atoms with Crippen LogP contribution in [0.3, 0.4) is 0 Å². The van der Waals surface area contributed by atoms with E-state index in [0.29, 0.717) is 17.1 Å². The lowest BCUT2D eigenvalue weighted by Gasteiger charge is -2.14. The Hall–Kier alpha value is -2.33. The van der Waals surface area contributed by atoms with Gasteiger partial charge in [-0.15, -0.1) is 0 Å². The third-order valence-corrected chi connectivity index (χ3v) is 3.50. The second kappa shape index (κ2) is 4.98. The molecule has 1 N–H and O–H groups in total. The van der Waals surface area contributed by atoms with Crippen LogP contribution in [-0.4, -0.2) is 21.8 Å². The lowest BCUT2D eigenvalue weighted by atomic mass is 10.1. The number of aliphatic hydroxyl groups is 1. The topological polar surface area (TPSA) is 47.3 Å². The second-order valence-corrected chi connectivity index (χ2v) is 4.66. The number of aliphatic hydroxyl groups excluding tert-OH is 1. The summed E-state index contributed by atoms with van der Waals surface area (Å²) in [5.74, 6) is 1.27. The molecular formula is C16H16N2O2. The lowest BCUT2D eigenvalue weighted by Crippen LogP contribution is -2.08. The number of ether oxygens (including phenoxy) is 1. The summed E-state index contributed by atoms with van der Waals surface area (Å²) in [7, 11) is 3.50. The number of hydrogen-bond acceptors (Lipinski definition) is 3. The van der Waals surface area contributed by atoms with Gasteiger partial charge < -0.3 is 14.4 Å². The van der Waals surface area contributed by atoms with Gasteiger partial charge >= 0.3 is 0 Å². The normalized spacial score (nSPS) is 12.6. The van der Waals surface area contributed by atoms with Gasteiger partial charge in [0, 0.05) is 12.6 Å². The summed E-state index contributed by atoms with van der Waals surface area (Å²) in [5.41, 5.74) is 2.59. The number of aryl methyl sites for hydroxylation is 1. The summed E-state index contributed by atoms with van der Waals surface area (Å²) in [6, 6.07) is 15.3. The predicted octanol–water partition coefficient (Wildman–Crippen LogP) is 2.66. The highest BCUT2D eigenvalue weighted by Gasteiger charge is 2.20. The van der Waals surface area contributed by atoms with Crippen LogP contribution in [-0.2, 0) is 7.05 Å². The van der Waals surface area contributed by atoms with E-state index in [1.54, 1.807) is 7.11 Å². The first-order valence-corrected chi connectivity index (χ1v) is 6.44. The van der Waals surface area contributed by atoms with Crippen molar-refractivity contribution < 1.29 is 9.84 Å². The van der Waals surface area contributed by atoms with Crippen LogP contribution < -0.4 is 4.74 Å². The summed E-state index contributed by atoms with van der Waals surface area (Å²) in [4.78, 5) is 4.52. The highest BCUT2D eigenvalue weighted by atomic mass is 16.5. The molecule has 0 aliphatic rings. The van der Waals surface area contributed by atoms with E-state index in [1.807, 2.05) is 60.1 Å². The van der Waals surface area contributed by atoms with E-state index in [4.69, 9.17) is 4.74 Å². The molecule has 102 valence electrons. The van der Waals surface area contributed by atoms with Gasteiger partial charge in [0.1, 0.15) is 17.7 Å². The Labute approximate surface area is 117 Å². The molecule has 1 aromatic heterocycles. The van der Waals surface area contributed by atoms with Gasteiger partial charge in [0.2, 0.25) is 0 Å². The van der Waals surface area contributed by atoms with Crippen molar-refractivity contribution in [3.05, 3.63) is 59.9 Å². The minimum absolute atomic E-state index is 0.607. The van der Waals surface area contributed by atoms with Crippen molar-refractivity contribution in [1.82, 2.24) is 9.55 Å². The number of hydrogen-bond donors (Lipinski definition) is 1. The van der Waals surface area contributed by atoms with Gasteiger partial charge in [0.05, 0.1) is 18.1 Å². The summed E-state index contributed by atoms with van der Waals surface area (Å²) in [6.45, 7) is 0. The molecule has 0 saturated heterocycles. The maximum Gasteiger partial charge on any atom is 0.143 e. The average molecular weight is 268 g/mol. The molecule has 4 heteroatoms. The molecule has 0 amide bonds. The van der Waals surface area contributed by atoms with E-state index < -0.39 is 6.10 Å². The van der Waals surface area contributed by atoms with Crippen LogP contribution in [0.4, 0.5) is 0 Å². The van der Waals surface area contributed by atoms with Gasteiger partial charge in [-0.1, -0.05) is 30.3 Å². The van der Waals surface area contributed by atoms with E-state index in [1.165, 1.54) is 0 Å². The van der Waals surface area contributed by atoms with Gasteiger partial charge in [-0.2, -0.15) is 0 Å². The first kappa shape index (κ1) is 12.7. The molecule has 0 bridgehead atoms. The maximum absolute atomic E-state index is 10.6. The fourth-order valence-electron chi connectivity index (χ4n) is 2.44. The largest absolute Gasteiger partial charge is 0.496 e. The van der Waals surface area contributed by atoms with E-state index in [-0.39, 0.29) is 0 Å². The highest BCUT2D eigenvalue weighted by molar-refractivity contribution is 5.76. The number of methoxy groups -OCH3 is 1. The zero-order valence-corrected chi connectivity index (χ0v) is 11.4. The SMILES string of the molecule is COc1ccccc1[C@H](O)c1nc2ccccc2n1C. The summed E-state index contributed by atoms with van der Waals surface area (Å²) < 4.78 is 7.21. The molecule has 1 atom stereocenters. The number of imidazole rings is 1. The molecule has 3 aromatic rings. The van der Waals surface area contributed by atoms with E-state index in [2.05, 4.69) is 4.98 Å². The number of aromatic nitrogens is 2. The number of benzene rings is 2. The lowest BCUT2D eigenvalue weighted by molar-refractivity contribution is 0.202. The predicted molar refractivity (Wildman–Crippen MR) is 77.8 cm³/mol. The van der Waals surface area contributed by atoms with Crippen molar-refractivity contribution in [3.63, 3.8) is 0 Å². The van der Waals surface area contributed by atoms with Gasteiger partial charge in [0.25, 0.3) is 0 Å². The fraction of sp³-hybridized carbons (Fsp3) is 0.188. The maximum atomic E-state index is 10.6. The highest BCUT2D eigenvalue weighted by Crippen LogP contribution is 2.30. The molecule has 0 aliphatic heterocycles. The fourth-order valence-corrected chi connectivity index (χ4v) is 2.44. The third kappa shape index (κ3) is 1.94. The molecule has 0 saturated carbocycles. The van der Waals surface area contributed by atoms with Crippen LogP contribution in [0.15, 0.2) is 48.5 Å². The van der Waals surface area contributed by atoms with Crippen molar-refractivity contribution in [1.29, 1.82) is 0 Å². The van der Waals surface area contributed by atoms with Crippen LogP contribution in [0.25, 0.3) is 11.0 Å². The Morgan fingerprint density at radius 2 is 1.80 bits per heavy atom. The van der Waals surface area contributed by atoms with Crippen molar-refractivity contribution in [3.8, 4) is 5.75 Å². The Morgan fingerprint density at radius 3 is 2.55 bits per heavy atom. The third-order valence-electron chi connectivity index (χ3n) is 3.50. The summed E-state index contributed by atoms with van der Waals surface area (Å²) >= 11 is 0. The van der Waals surface area contributed by atoms with Gasteiger partial charge in [0.15, 0.2) is 0 Å². The second-order valence-electron chi connectivity index (χ2n) is 4.66. The number of fused-ring (bicyclic) bond motifs is 1. The molecule has 1 heterocycles. The molecule has 4 nitrogen and oxygen atoms in total. The quantitative estimate of drug-likeness (QED) is 0.794. The van der Waals surface area contributed by atoms with Gasteiger partial charge in [-0.05, 0) is 18.2 Å². The van der Waals surface area contributed by atoms with Crippen LogP contribution in [0.5, 0.6) is 5.75 Å². The van der Waals surface area contributed by atoms with Crippen molar-refractivity contribution in [2.24, 2.45) is 7.05 Å². The van der Waals surface area contributed by atoms with Crippen molar-refractivity contribution in [2.45, 2.75) is 6.10 Å². The van der Waals surface area contributed by atoms with E-state index in [9.17, 15) is 5.11 Å². The average Bonchev–Trinajstić information content (AvgIpc) is 2.84. The first-order chi connectivity index (χ1) is 9.72. The first-order valence-electron chi connectivity index (χ1n) is 6.44. The Bertz CT molecular complexity index is 749. The van der Waals surface area contributed by atoms with Gasteiger partial charge in [-0.25, -0.2) is 4.98 Å². The Balaban J connectivity index is 2.13. The zero-order valence-electron chi connectivity index (χ0n) is 11.4. The molecule has 3 rings (SSSR count). The summed E-state index contributed by atoms with van der Waals surface area (Å²) in [6.07, 6.45) is -0.816. The van der Waals surface area contributed by atoms with Crippen LogP contribution in [0.2, 0.25) is 0 Å². The Morgan fingerprint density at radius 1 is 1.10 bits per heavy atom. The summed E-state index contributed by atoms with van der Waals surface area (Å²) in [5, 5.41) is 10.6. The van der Waals surface area contributed by atoms with Gasteiger partial charge in [-0.3, -0.25) is 0 Å². The minimum atomic E-state index is -0.816. The molecular weight excluding hydrogens is 252 g/mol. The molecule has 0 aliphatic carbocycles.